The predicted octanol–water partition coefficient (Wildman–Crippen LogP) is 1.19. The van der Waals surface area contributed by atoms with Crippen molar-refractivity contribution in [2.75, 3.05) is 13.7 Å². The van der Waals surface area contributed by atoms with E-state index in [1.54, 1.807) is 6.92 Å². The Labute approximate surface area is 139 Å². The molecule has 8 nitrogen and oxygen atoms in total. The van der Waals surface area contributed by atoms with Crippen molar-refractivity contribution in [1.29, 1.82) is 0 Å². The molecular formula is C16H20N4O4. The normalized spacial score (nSPS) is 13.3. The Balaban J connectivity index is 2.15. The molecule has 1 atom stereocenters. The molecular weight excluding hydrogens is 312 g/mol. The van der Waals surface area contributed by atoms with Crippen molar-refractivity contribution in [3.63, 3.8) is 0 Å². The highest BCUT2D eigenvalue weighted by molar-refractivity contribution is 5.92. The number of methoxy groups -OCH3 is 1. The maximum absolute atomic E-state index is 12.3. The molecule has 0 saturated heterocycles. The second-order valence-corrected chi connectivity index (χ2v) is 5.90. The van der Waals surface area contributed by atoms with Gasteiger partial charge in [-0.15, -0.1) is 5.10 Å². The Morgan fingerprint density at radius 3 is 2.58 bits per heavy atom. The number of nitrogens with zero attached hydrogens (tertiary/aromatic N) is 3. The number of carbonyl (C=O) groups excluding carboxylic acids is 1. The lowest BCUT2D eigenvalue weighted by Crippen LogP contribution is -2.50. The van der Waals surface area contributed by atoms with Crippen LogP contribution in [0.5, 0.6) is 0 Å². The van der Waals surface area contributed by atoms with Crippen LogP contribution in [0.2, 0.25) is 0 Å². The first kappa shape index (κ1) is 17.6. The molecule has 1 amide bonds. The number of aliphatic carboxylic acids is 1. The molecule has 1 heterocycles. The number of aromatic nitrogens is 3. The average Bonchev–Trinajstić information content (AvgIpc) is 2.97. The van der Waals surface area contributed by atoms with Crippen LogP contribution in [0, 0.1) is 6.92 Å². The lowest BCUT2D eigenvalue weighted by atomic mass is 9.99. The summed E-state index contributed by atoms with van der Waals surface area (Å²) in [5, 5.41) is 19.4. The van der Waals surface area contributed by atoms with Gasteiger partial charge in [0, 0.05) is 7.11 Å². The number of nitrogens with one attached hydrogen (secondary N) is 1. The fourth-order valence-corrected chi connectivity index (χ4v) is 2.31. The van der Waals surface area contributed by atoms with Gasteiger partial charge in [-0.1, -0.05) is 22.9 Å². The summed E-state index contributed by atoms with van der Waals surface area (Å²) in [6, 6.07) is 7.59. The molecule has 2 aromatic rings. The quantitative estimate of drug-likeness (QED) is 0.789. The van der Waals surface area contributed by atoms with Gasteiger partial charge in [0.25, 0.3) is 5.91 Å². The van der Waals surface area contributed by atoms with Gasteiger partial charge in [0.2, 0.25) is 0 Å². The third-order valence-corrected chi connectivity index (χ3v) is 3.44. The molecule has 2 rings (SSSR count). The third kappa shape index (κ3) is 4.39. The first-order valence-corrected chi connectivity index (χ1v) is 7.35. The highest BCUT2D eigenvalue weighted by Gasteiger charge is 2.30. The SMILES string of the molecule is COCC(C)(CC(=O)O)NC(=O)c1cn(-c2ccc(C)cc2)nn1. The van der Waals surface area contributed by atoms with Crippen LogP contribution in [0.3, 0.4) is 0 Å². The van der Waals surface area contributed by atoms with E-state index in [0.29, 0.717) is 0 Å². The molecule has 0 aliphatic carbocycles. The fraction of sp³-hybridized carbons (Fsp3) is 0.375. The number of carboxylic acid groups (broad SMARTS) is 1. The van der Waals surface area contributed by atoms with E-state index in [1.165, 1.54) is 18.0 Å². The van der Waals surface area contributed by atoms with Gasteiger partial charge in [0.05, 0.1) is 30.5 Å². The minimum Gasteiger partial charge on any atom is -0.481 e. The minimum atomic E-state index is -1.04. The van der Waals surface area contributed by atoms with Gasteiger partial charge >= 0.3 is 5.97 Å². The molecule has 0 bridgehead atoms. The molecule has 8 heteroatoms. The summed E-state index contributed by atoms with van der Waals surface area (Å²) < 4.78 is 6.50. The van der Waals surface area contributed by atoms with Gasteiger partial charge in [0.1, 0.15) is 0 Å². The first-order valence-electron chi connectivity index (χ1n) is 7.35. The minimum absolute atomic E-state index is 0.0666. The molecule has 24 heavy (non-hydrogen) atoms. The van der Waals surface area contributed by atoms with Crippen LogP contribution in [0.1, 0.15) is 29.4 Å². The van der Waals surface area contributed by atoms with Crippen LogP contribution in [-0.4, -0.2) is 51.2 Å². The summed E-state index contributed by atoms with van der Waals surface area (Å²) in [5.74, 6) is -1.53. The molecule has 0 fully saturated rings. The molecule has 2 N–H and O–H groups in total. The smallest absolute Gasteiger partial charge is 0.305 e. The Morgan fingerprint density at radius 2 is 2.00 bits per heavy atom. The summed E-state index contributed by atoms with van der Waals surface area (Å²) in [6.07, 6.45) is 1.23. The van der Waals surface area contributed by atoms with Crippen molar-refractivity contribution < 1.29 is 19.4 Å². The zero-order valence-electron chi connectivity index (χ0n) is 13.8. The van der Waals surface area contributed by atoms with Crippen molar-refractivity contribution in [3.05, 3.63) is 41.7 Å². The second-order valence-electron chi connectivity index (χ2n) is 5.90. The van der Waals surface area contributed by atoms with Crippen molar-refractivity contribution in [2.45, 2.75) is 25.8 Å². The molecule has 0 aliphatic rings. The van der Waals surface area contributed by atoms with Crippen molar-refractivity contribution in [1.82, 2.24) is 20.3 Å². The van der Waals surface area contributed by atoms with Gasteiger partial charge in [-0.3, -0.25) is 9.59 Å². The third-order valence-electron chi connectivity index (χ3n) is 3.44. The molecule has 1 aromatic heterocycles. The lowest BCUT2D eigenvalue weighted by Gasteiger charge is -2.27. The van der Waals surface area contributed by atoms with Gasteiger partial charge in [0.15, 0.2) is 5.69 Å². The van der Waals surface area contributed by atoms with Crippen molar-refractivity contribution in [3.8, 4) is 5.69 Å². The largest absolute Gasteiger partial charge is 0.481 e. The van der Waals surface area contributed by atoms with E-state index in [9.17, 15) is 9.59 Å². The molecule has 1 unspecified atom stereocenters. The van der Waals surface area contributed by atoms with E-state index in [4.69, 9.17) is 9.84 Å². The number of carboxylic acids is 1. The second kappa shape index (κ2) is 7.22. The zero-order chi connectivity index (χ0) is 17.7. The Morgan fingerprint density at radius 1 is 1.33 bits per heavy atom. The van der Waals surface area contributed by atoms with E-state index in [0.717, 1.165) is 11.3 Å². The first-order chi connectivity index (χ1) is 11.3. The number of ether oxygens (including phenoxy) is 1. The Kier molecular flexibility index (Phi) is 5.30. The maximum Gasteiger partial charge on any atom is 0.305 e. The summed E-state index contributed by atoms with van der Waals surface area (Å²) in [5.41, 5.74) is 0.951. The molecule has 128 valence electrons. The lowest BCUT2D eigenvalue weighted by molar-refractivity contribution is -0.139. The highest BCUT2D eigenvalue weighted by Crippen LogP contribution is 2.13. The molecule has 0 radical (unpaired) electrons. The van der Waals surface area contributed by atoms with Gasteiger partial charge in [-0.25, -0.2) is 4.68 Å². The highest BCUT2D eigenvalue weighted by atomic mass is 16.5. The summed E-state index contributed by atoms with van der Waals surface area (Å²) in [4.78, 5) is 23.3. The van der Waals surface area contributed by atoms with Crippen LogP contribution >= 0.6 is 0 Å². The number of aryl methyl sites for hydroxylation is 1. The Bertz CT molecular complexity index is 726. The Hall–Kier alpha value is -2.74. The predicted molar refractivity (Wildman–Crippen MR) is 86.1 cm³/mol. The average molecular weight is 332 g/mol. The molecule has 0 aliphatic heterocycles. The number of rotatable bonds is 7. The monoisotopic (exact) mass is 332 g/mol. The van der Waals surface area contributed by atoms with E-state index in [-0.39, 0.29) is 18.7 Å². The standard InChI is InChI=1S/C16H20N4O4/c1-11-4-6-12(7-5-11)20-9-13(18-19-20)15(23)17-16(2,10-24-3)8-14(21)22/h4-7,9H,8,10H2,1-3H3,(H,17,23)(H,21,22). The van der Waals surface area contributed by atoms with Crippen molar-refractivity contribution >= 4 is 11.9 Å². The number of hydrogen-bond donors (Lipinski definition) is 2. The van der Waals surface area contributed by atoms with Gasteiger partial charge in [-0.2, -0.15) is 0 Å². The van der Waals surface area contributed by atoms with Crippen molar-refractivity contribution in [2.24, 2.45) is 0 Å². The topological polar surface area (TPSA) is 106 Å². The summed E-state index contributed by atoms with van der Waals surface area (Å²) in [7, 11) is 1.44. The molecule has 0 saturated carbocycles. The van der Waals surface area contributed by atoms with Gasteiger partial charge in [-0.05, 0) is 26.0 Å². The zero-order valence-corrected chi connectivity index (χ0v) is 13.8. The molecule has 0 spiro atoms. The van der Waals surface area contributed by atoms with Gasteiger partial charge < -0.3 is 15.2 Å². The summed E-state index contributed by atoms with van der Waals surface area (Å²) in [6.45, 7) is 3.65. The number of hydrogen-bond acceptors (Lipinski definition) is 5. The number of carbonyl (C=O) groups is 2. The maximum atomic E-state index is 12.3. The van der Waals surface area contributed by atoms with E-state index >= 15 is 0 Å². The van der Waals surface area contributed by atoms with Crippen LogP contribution in [0.4, 0.5) is 0 Å². The van der Waals surface area contributed by atoms with Crippen LogP contribution in [0.15, 0.2) is 30.5 Å². The van der Waals surface area contributed by atoms with E-state index in [2.05, 4.69) is 15.6 Å². The van der Waals surface area contributed by atoms with E-state index in [1.807, 2.05) is 31.2 Å². The van der Waals surface area contributed by atoms with Crippen LogP contribution < -0.4 is 5.32 Å². The number of benzene rings is 1. The summed E-state index contributed by atoms with van der Waals surface area (Å²) >= 11 is 0. The van der Waals surface area contributed by atoms with Crippen LogP contribution in [0.25, 0.3) is 5.69 Å². The fourth-order valence-electron chi connectivity index (χ4n) is 2.31. The van der Waals surface area contributed by atoms with E-state index < -0.39 is 17.4 Å². The van der Waals surface area contributed by atoms with Crippen LogP contribution in [-0.2, 0) is 9.53 Å². The molecule has 1 aromatic carbocycles. The number of amides is 1.